The van der Waals surface area contributed by atoms with Crippen molar-refractivity contribution in [3.05, 3.63) is 88.6 Å². The number of amides is 1. The molecule has 1 N–H and O–H groups in total. The van der Waals surface area contributed by atoms with Crippen LogP contribution in [-0.4, -0.2) is 13.0 Å². The van der Waals surface area contributed by atoms with Crippen LogP contribution in [0.15, 0.2) is 76.7 Å². The van der Waals surface area contributed by atoms with E-state index in [0.29, 0.717) is 12.2 Å². The summed E-state index contributed by atoms with van der Waals surface area (Å²) < 4.78 is 12.3. The number of rotatable bonds is 7. The number of nitrogens with one attached hydrogen (secondary N) is 1. The Morgan fingerprint density at radius 1 is 0.826 bits per heavy atom. The van der Waals surface area contributed by atoms with Gasteiger partial charge in [-0.1, -0.05) is 67.4 Å². The van der Waals surface area contributed by atoms with E-state index in [1.54, 1.807) is 7.11 Å². The normalized spacial score (nSPS) is 13.3. The van der Waals surface area contributed by atoms with E-state index in [2.05, 4.69) is 76.9 Å². The first-order chi connectivity index (χ1) is 21.9. The van der Waals surface area contributed by atoms with E-state index < -0.39 is 0 Å². The van der Waals surface area contributed by atoms with Gasteiger partial charge in [0.1, 0.15) is 16.8 Å². The zero-order valence-electron chi connectivity index (χ0n) is 28.2. The molecule has 7 heteroatoms. The Labute approximate surface area is 272 Å². The molecule has 6 rings (SSSR count). The van der Waals surface area contributed by atoms with Crippen LogP contribution in [0.3, 0.4) is 0 Å². The number of nitrogens with zero attached hydrogens (tertiary/aromatic N) is 3. The summed E-state index contributed by atoms with van der Waals surface area (Å²) in [6.07, 6.45) is 3.56. The molecule has 2 aliphatic rings. The van der Waals surface area contributed by atoms with Crippen molar-refractivity contribution in [3.63, 3.8) is 0 Å². The van der Waals surface area contributed by atoms with Crippen LogP contribution in [0.2, 0.25) is 0 Å². The Kier molecular flexibility index (Phi) is 8.13. The minimum atomic E-state index is -0.132. The van der Waals surface area contributed by atoms with E-state index in [9.17, 15) is 4.79 Å². The Balaban J connectivity index is 1.47. The Morgan fingerprint density at radius 2 is 1.57 bits per heavy atom. The summed E-state index contributed by atoms with van der Waals surface area (Å²) in [5.41, 5.74) is 7.32. The lowest BCUT2D eigenvalue weighted by atomic mass is 9.79. The standard InChI is InChI=1S/C39H44N4O3/c1-9-10-11-12-36(44)40-25-13-15-26(16-14-25)43-33-21-27(45-8)17-18-29(33)41-30-23-35-31(22-34(30)43)42-32-20-24(38(2,3)4)19-28(37(32)46-35)39(5,6)7/h13-23H,9-12H2,1-8H3,(H,40,44). The predicted molar refractivity (Wildman–Crippen MR) is 186 cm³/mol. The summed E-state index contributed by atoms with van der Waals surface area (Å²) in [5.74, 6) is 2.26. The lowest BCUT2D eigenvalue weighted by molar-refractivity contribution is -0.116. The first-order valence-electron chi connectivity index (χ1n) is 16.2. The minimum absolute atomic E-state index is 0.0381. The number of anilines is 4. The number of fused-ring (bicyclic) bond motifs is 4. The monoisotopic (exact) mass is 616 g/mol. The summed E-state index contributed by atoms with van der Waals surface area (Å²) in [5, 5.41) is 4.57. The molecule has 4 aromatic carbocycles. The summed E-state index contributed by atoms with van der Waals surface area (Å²) in [6.45, 7) is 15.4. The highest BCUT2D eigenvalue weighted by Gasteiger charge is 2.30. The van der Waals surface area contributed by atoms with E-state index in [-0.39, 0.29) is 16.7 Å². The summed E-state index contributed by atoms with van der Waals surface area (Å²) >= 11 is 0. The van der Waals surface area contributed by atoms with Crippen molar-refractivity contribution >= 4 is 40.0 Å². The van der Waals surface area contributed by atoms with Gasteiger partial charge in [0.25, 0.3) is 0 Å². The number of hydrogen-bond acceptors (Lipinski definition) is 6. The van der Waals surface area contributed by atoms with Gasteiger partial charge in [0.2, 0.25) is 5.91 Å². The van der Waals surface area contributed by atoms with Crippen molar-refractivity contribution in [2.45, 2.75) is 85.0 Å². The maximum absolute atomic E-state index is 12.5. The average molecular weight is 617 g/mol. The van der Waals surface area contributed by atoms with E-state index in [1.165, 1.54) is 5.56 Å². The largest absolute Gasteiger partial charge is 0.497 e. The van der Waals surface area contributed by atoms with Crippen molar-refractivity contribution in [2.24, 2.45) is 9.98 Å². The van der Waals surface area contributed by atoms with E-state index in [0.717, 1.165) is 81.2 Å². The molecule has 2 heterocycles. The fourth-order valence-corrected chi connectivity index (χ4v) is 5.91. The van der Waals surface area contributed by atoms with Gasteiger partial charge in [-0.2, -0.15) is 0 Å². The van der Waals surface area contributed by atoms with Crippen molar-refractivity contribution in [3.8, 4) is 17.2 Å². The molecule has 0 unspecified atom stereocenters. The molecule has 238 valence electrons. The van der Waals surface area contributed by atoms with Crippen LogP contribution in [0.5, 0.6) is 17.2 Å². The first kappa shape index (κ1) is 31.3. The number of hydrogen-bond donors (Lipinski definition) is 1. The lowest BCUT2D eigenvalue weighted by Crippen LogP contribution is -2.27. The molecular formula is C39H44N4O3. The molecule has 1 amide bonds. The SMILES string of the molecule is CCCCCC(=O)Nc1ccc(N2c3cc(OC)ccc3N=c3cc4c(cc32)=Nc2cc(C(C)(C)C)cc(C(C)(C)C)c2O4)cc1. The highest BCUT2D eigenvalue weighted by atomic mass is 16.5. The molecule has 4 aromatic rings. The maximum Gasteiger partial charge on any atom is 0.224 e. The van der Waals surface area contributed by atoms with Crippen LogP contribution in [0, 0.1) is 0 Å². The smallest absolute Gasteiger partial charge is 0.224 e. The number of carbonyl (C=O) groups is 1. The van der Waals surface area contributed by atoms with Gasteiger partial charge in [0.05, 0.1) is 29.5 Å². The molecule has 0 atom stereocenters. The van der Waals surface area contributed by atoms with Crippen LogP contribution in [0.1, 0.15) is 85.3 Å². The molecule has 0 saturated heterocycles. The second kappa shape index (κ2) is 11.9. The highest BCUT2D eigenvalue weighted by molar-refractivity contribution is 5.92. The zero-order chi connectivity index (χ0) is 32.8. The zero-order valence-corrected chi connectivity index (χ0v) is 28.2. The summed E-state index contributed by atoms with van der Waals surface area (Å²) in [6, 6.07) is 22.3. The predicted octanol–water partition coefficient (Wildman–Crippen LogP) is 9.60. The van der Waals surface area contributed by atoms with Crippen molar-refractivity contribution in [1.29, 1.82) is 0 Å². The molecule has 0 bridgehead atoms. The van der Waals surface area contributed by atoms with Crippen molar-refractivity contribution in [2.75, 3.05) is 17.3 Å². The molecule has 7 nitrogen and oxygen atoms in total. The van der Waals surface area contributed by atoms with Crippen LogP contribution in [0.4, 0.5) is 34.1 Å². The van der Waals surface area contributed by atoms with E-state index in [1.807, 2.05) is 48.5 Å². The molecular weight excluding hydrogens is 572 g/mol. The van der Waals surface area contributed by atoms with Gasteiger partial charge in [-0.15, -0.1) is 0 Å². The Morgan fingerprint density at radius 3 is 2.24 bits per heavy atom. The Bertz CT molecular complexity index is 1930. The maximum atomic E-state index is 12.5. The topological polar surface area (TPSA) is 75.5 Å². The molecule has 0 aromatic heterocycles. The van der Waals surface area contributed by atoms with Crippen LogP contribution in [-0.2, 0) is 15.6 Å². The molecule has 0 saturated carbocycles. The molecule has 46 heavy (non-hydrogen) atoms. The van der Waals surface area contributed by atoms with Crippen LogP contribution >= 0.6 is 0 Å². The second-order valence-corrected chi connectivity index (χ2v) is 14.2. The number of ether oxygens (including phenoxy) is 2. The van der Waals surface area contributed by atoms with Gasteiger partial charge in [-0.25, -0.2) is 9.98 Å². The third-order valence-corrected chi connectivity index (χ3v) is 8.57. The average Bonchev–Trinajstić information content (AvgIpc) is 3.00. The molecule has 0 fully saturated rings. The summed E-state index contributed by atoms with van der Waals surface area (Å²) in [4.78, 5) is 24.9. The van der Waals surface area contributed by atoms with Gasteiger partial charge in [-0.05, 0) is 71.3 Å². The van der Waals surface area contributed by atoms with Crippen molar-refractivity contribution in [1.82, 2.24) is 0 Å². The number of methoxy groups -OCH3 is 1. The second-order valence-electron chi connectivity index (χ2n) is 14.2. The number of unbranched alkanes of at least 4 members (excludes halogenated alkanes) is 2. The lowest BCUT2D eigenvalue weighted by Gasteiger charge is -2.31. The fourth-order valence-electron chi connectivity index (χ4n) is 5.91. The highest BCUT2D eigenvalue weighted by Crippen LogP contribution is 2.47. The van der Waals surface area contributed by atoms with Gasteiger partial charge in [0, 0.05) is 35.5 Å². The fraction of sp³-hybridized carbons (Fsp3) is 0.359. The third kappa shape index (κ3) is 6.11. The van der Waals surface area contributed by atoms with Gasteiger partial charge < -0.3 is 19.7 Å². The molecule has 2 aliphatic heterocycles. The summed E-state index contributed by atoms with van der Waals surface area (Å²) in [7, 11) is 1.67. The van der Waals surface area contributed by atoms with Gasteiger partial charge in [0.15, 0.2) is 11.5 Å². The third-order valence-electron chi connectivity index (χ3n) is 8.57. The van der Waals surface area contributed by atoms with Gasteiger partial charge in [-0.3, -0.25) is 4.79 Å². The molecule has 0 radical (unpaired) electrons. The van der Waals surface area contributed by atoms with Crippen LogP contribution < -0.4 is 30.4 Å². The Hall–Kier alpha value is -4.65. The molecule has 0 spiro atoms. The molecule has 0 aliphatic carbocycles. The van der Waals surface area contributed by atoms with E-state index in [4.69, 9.17) is 19.5 Å². The van der Waals surface area contributed by atoms with E-state index >= 15 is 0 Å². The first-order valence-corrected chi connectivity index (χ1v) is 16.2. The van der Waals surface area contributed by atoms with Crippen LogP contribution in [0.25, 0.3) is 0 Å². The van der Waals surface area contributed by atoms with Crippen molar-refractivity contribution < 1.29 is 14.3 Å². The quantitative estimate of drug-likeness (QED) is 0.181. The number of carbonyl (C=O) groups excluding carboxylic acids is 1. The minimum Gasteiger partial charge on any atom is -0.497 e. The number of benzene rings is 4. The van der Waals surface area contributed by atoms with Gasteiger partial charge >= 0.3 is 0 Å².